The normalized spacial score (nSPS) is 18.5. The van der Waals surface area contributed by atoms with E-state index in [0.717, 1.165) is 18.8 Å². The van der Waals surface area contributed by atoms with Crippen LogP contribution in [0.4, 0.5) is 5.82 Å². The molecule has 2 aliphatic rings. The molecule has 0 N–H and O–H groups in total. The summed E-state index contributed by atoms with van der Waals surface area (Å²) in [5, 5.41) is 0. The van der Waals surface area contributed by atoms with Gasteiger partial charge < -0.3 is 24.0 Å². The molecule has 1 saturated heterocycles. The van der Waals surface area contributed by atoms with E-state index in [1.807, 2.05) is 35.2 Å². The number of hydrogen-bond donors (Lipinski definition) is 0. The van der Waals surface area contributed by atoms with Crippen molar-refractivity contribution < 1.29 is 23.8 Å². The predicted molar refractivity (Wildman–Crippen MR) is 110 cm³/mol. The van der Waals surface area contributed by atoms with Crippen LogP contribution < -0.4 is 14.4 Å². The molecule has 1 aromatic heterocycles. The number of carbonyl (C=O) groups excluding carboxylic acids is 2. The van der Waals surface area contributed by atoms with Crippen LogP contribution in [0.25, 0.3) is 0 Å². The maximum Gasteiger partial charge on any atom is 0.339 e. The molecule has 0 saturated carbocycles. The van der Waals surface area contributed by atoms with E-state index in [2.05, 4.69) is 9.88 Å². The number of hydrogen-bond acceptors (Lipinski definition) is 7. The fourth-order valence-corrected chi connectivity index (χ4v) is 3.62. The maximum atomic E-state index is 13.0. The van der Waals surface area contributed by atoms with Gasteiger partial charge in [0.2, 0.25) is 6.10 Å². The van der Waals surface area contributed by atoms with Crippen LogP contribution in [-0.4, -0.2) is 67.3 Å². The van der Waals surface area contributed by atoms with Gasteiger partial charge in [-0.2, -0.15) is 0 Å². The molecule has 1 fully saturated rings. The van der Waals surface area contributed by atoms with Crippen LogP contribution in [-0.2, 0) is 9.53 Å². The van der Waals surface area contributed by atoms with E-state index in [9.17, 15) is 9.59 Å². The Kier molecular flexibility index (Phi) is 6.02. The van der Waals surface area contributed by atoms with Gasteiger partial charge in [-0.15, -0.1) is 0 Å². The first kappa shape index (κ1) is 20.0. The highest BCUT2D eigenvalue weighted by Gasteiger charge is 2.32. The van der Waals surface area contributed by atoms with E-state index >= 15 is 0 Å². The minimum atomic E-state index is -0.631. The molecule has 2 aliphatic heterocycles. The van der Waals surface area contributed by atoms with E-state index in [1.54, 1.807) is 13.0 Å². The van der Waals surface area contributed by atoms with Crippen molar-refractivity contribution in [3.8, 4) is 11.5 Å². The number of para-hydroxylation sites is 2. The Morgan fingerprint density at radius 3 is 2.70 bits per heavy atom. The molecule has 0 unspecified atom stereocenters. The van der Waals surface area contributed by atoms with Crippen molar-refractivity contribution in [3.63, 3.8) is 0 Å². The van der Waals surface area contributed by atoms with Crippen LogP contribution in [0.3, 0.4) is 0 Å². The summed E-state index contributed by atoms with van der Waals surface area (Å²) in [5.41, 5.74) is 0.432. The first-order chi connectivity index (χ1) is 14.7. The molecule has 8 heteroatoms. The molecule has 8 nitrogen and oxygen atoms in total. The molecule has 2 aromatic rings. The lowest BCUT2D eigenvalue weighted by Crippen LogP contribution is -2.47. The predicted octanol–water partition coefficient (Wildman–Crippen LogP) is 2.14. The Morgan fingerprint density at radius 2 is 1.93 bits per heavy atom. The number of aromatic nitrogens is 1. The summed E-state index contributed by atoms with van der Waals surface area (Å²) in [4.78, 5) is 33.1. The van der Waals surface area contributed by atoms with E-state index in [0.29, 0.717) is 43.3 Å². The lowest BCUT2D eigenvalue weighted by Gasteiger charge is -2.30. The third-order valence-electron chi connectivity index (χ3n) is 5.17. The number of amides is 1. The number of benzene rings is 1. The topological polar surface area (TPSA) is 81.2 Å². The van der Waals surface area contributed by atoms with E-state index in [-0.39, 0.29) is 18.5 Å². The molecule has 1 amide bonds. The molecule has 0 radical (unpaired) electrons. The largest absolute Gasteiger partial charge is 0.485 e. The molecule has 30 heavy (non-hydrogen) atoms. The van der Waals surface area contributed by atoms with Crippen molar-refractivity contribution in [1.29, 1.82) is 0 Å². The molecule has 1 atom stereocenters. The van der Waals surface area contributed by atoms with Crippen molar-refractivity contribution >= 4 is 17.7 Å². The molecular weight excluding hydrogens is 386 g/mol. The Labute approximate surface area is 175 Å². The number of fused-ring (bicyclic) bond motifs is 1. The summed E-state index contributed by atoms with van der Waals surface area (Å²) in [6.45, 7) is 4.97. The van der Waals surface area contributed by atoms with E-state index in [4.69, 9.17) is 14.2 Å². The number of ether oxygens (including phenoxy) is 3. The van der Waals surface area contributed by atoms with Gasteiger partial charge in [0.15, 0.2) is 11.5 Å². The van der Waals surface area contributed by atoms with Crippen molar-refractivity contribution in [2.24, 2.45) is 0 Å². The summed E-state index contributed by atoms with van der Waals surface area (Å²) in [6.07, 6.45) is 1.72. The molecule has 3 heterocycles. The highest BCUT2D eigenvalue weighted by atomic mass is 16.6. The van der Waals surface area contributed by atoms with Gasteiger partial charge in [-0.05, 0) is 37.6 Å². The van der Waals surface area contributed by atoms with Gasteiger partial charge in [0.25, 0.3) is 5.91 Å². The van der Waals surface area contributed by atoms with Gasteiger partial charge in [-0.25, -0.2) is 9.78 Å². The van der Waals surface area contributed by atoms with Gasteiger partial charge in [0.1, 0.15) is 12.4 Å². The van der Waals surface area contributed by atoms with Crippen molar-refractivity contribution in [2.45, 2.75) is 19.4 Å². The number of pyridine rings is 1. The first-order valence-corrected chi connectivity index (χ1v) is 10.2. The molecule has 0 spiro atoms. The molecule has 1 aromatic carbocycles. The molecule has 0 bridgehead atoms. The van der Waals surface area contributed by atoms with Gasteiger partial charge in [-0.3, -0.25) is 4.79 Å². The van der Waals surface area contributed by atoms with Crippen LogP contribution in [0.1, 0.15) is 23.7 Å². The smallest absolute Gasteiger partial charge is 0.339 e. The van der Waals surface area contributed by atoms with Crippen LogP contribution in [0.15, 0.2) is 42.6 Å². The highest BCUT2D eigenvalue weighted by Crippen LogP contribution is 2.31. The SMILES string of the molecule is CCOC(=O)c1ccc(N2CCCN(C(=O)[C@@H]3COc4ccccc4O3)CC2)nc1. The average Bonchev–Trinajstić information content (AvgIpc) is 3.05. The van der Waals surface area contributed by atoms with Crippen LogP contribution >= 0.6 is 0 Å². The third kappa shape index (κ3) is 4.32. The first-order valence-electron chi connectivity index (χ1n) is 10.2. The lowest BCUT2D eigenvalue weighted by atomic mass is 10.2. The fourth-order valence-electron chi connectivity index (χ4n) is 3.62. The lowest BCUT2D eigenvalue weighted by molar-refractivity contribution is -0.141. The molecule has 158 valence electrons. The highest BCUT2D eigenvalue weighted by molar-refractivity contribution is 5.89. The Hall–Kier alpha value is -3.29. The average molecular weight is 411 g/mol. The van der Waals surface area contributed by atoms with Gasteiger partial charge >= 0.3 is 5.97 Å². The zero-order valence-corrected chi connectivity index (χ0v) is 17.0. The van der Waals surface area contributed by atoms with E-state index in [1.165, 1.54) is 6.20 Å². The van der Waals surface area contributed by atoms with Crippen molar-refractivity contribution in [3.05, 3.63) is 48.2 Å². The van der Waals surface area contributed by atoms with Crippen molar-refractivity contribution in [1.82, 2.24) is 9.88 Å². The standard InChI is InChI=1S/C22H25N3O5/c1-2-28-22(27)16-8-9-20(23-14-16)24-10-5-11-25(13-12-24)21(26)19-15-29-17-6-3-4-7-18(17)30-19/h3-4,6-9,14,19H,2,5,10-13,15H2,1H3/t19-/m0/s1. The number of carbonyl (C=O) groups is 2. The van der Waals surface area contributed by atoms with Gasteiger partial charge in [-0.1, -0.05) is 12.1 Å². The minimum Gasteiger partial charge on any atom is -0.485 e. The Bertz CT molecular complexity index is 902. The summed E-state index contributed by atoms with van der Waals surface area (Å²) >= 11 is 0. The number of nitrogens with zero attached hydrogens (tertiary/aromatic N) is 3. The second kappa shape index (κ2) is 9.02. The second-order valence-electron chi connectivity index (χ2n) is 7.16. The monoisotopic (exact) mass is 411 g/mol. The summed E-state index contributed by atoms with van der Waals surface area (Å²) in [6, 6.07) is 10.9. The zero-order valence-electron chi connectivity index (χ0n) is 17.0. The maximum absolute atomic E-state index is 13.0. The fraction of sp³-hybridized carbons (Fsp3) is 0.409. The Morgan fingerprint density at radius 1 is 1.10 bits per heavy atom. The summed E-state index contributed by atoms with van der Waals surface area (Å²) < 4.78 is 16.6. The van der Waals surface area contributed by atoms with Crippen molar-refractivity contribution in [2.75, 3.05) is 44.3 Å². The molecular formula is C22H25N3O5. The third-order valence-corrected chi connectivity index (χ3v) is 5.17. The summed E-state index contributed by atoms with van der Waals surface area (Å²) in [7, 11) is 0. The quantitative estimate of drug-likeness (QED) is 0.713. The second-order valence-corrected chi connectivity index (χ2v) is 7.16. The number of esters is 1. The number of rotatable bonds is 4. The molecule has 0 aliphatic carbocycles. The van der Waals surface area contributed by atoms with Crippen LogP contribution in [0.5, 0.6) is 11.5 Å². The van der Waals surface area contributed by atoms with Crippen LogP contribution in [0, 0.1) is 0 Å². The minimum absolute atomic E-state index is 0.0584. The van der Waals surface area contributed by atoms with E-state index < -0.39 is 6.10 Å². The van der Waals surface area contributed by atoms with Gasteiger partial charge in [0, 0.05) is 32.4 Å². The summed E-state index contributed by atoms with van der Waals surface area (Å²) in [5.74, 6) is 1.62. The Balaban J connectivity index is 1.36. The zero-order chi connectivity index (χ0) is 20.9. The van der Waals surface area contributed by atoms with Crippen LogP contribution in [0.2, 0.25) is 0 Å². The molecule has 4 rings (SSSR count). The van der Waals surface area contributed by atoms with Gasteiger partial charge in [0.05, 0.1) is 12.2 Å². The number of anilines is 1.